The quantitative estimate of drug-likeness (QED) is 0.616. The zero-order chi connectivity index (χ0) is 12.4. The number of rotatable bonds is 3. The number of aromatic nitrogens is 4. The fourth-order valence-electron chi connectivity index (χ4n) is 1.34. The van der Waals surface area contributed by atoms with Crippen molar-refractivity contribution < 1.29 is 13.9 Å². The molecule has 1 heterocycles. The Morgan fingerprint density at radius 3 is 2.82 bits per heavy atom. The zero-order valence-corrected chi connectivity index (χ0v) is 10.8. The van der Waals surface area contributed by atoms with Crippen molar-refractivity contribution in [2.24, 2.45) is 0 Å². The van der Waals surface area contributed by atoms with Gasteiger partial charge in [-0.1, -0.05) is 0 Å². The van der Waals surface area contributed by atoms with Crippen molar-refractivity contribution in [3.05, 3.63) is 27.3 Å². The zero-order valence-electron chi connectivity index (χ0n) is 8.59. The summed E-state index contributed by atoms with van der Waals surface area (Å²) < 4.78 is 20.3. The molecular weight excluding hydrogens is 342 g/mol. The maximum Gasteiger partial charge on any atom is 0.217 e. The van der Waals surface area contributed by atoms with Gasteiger partial charge in [0.1, 0.15) is 0 Å². The minimum Gasteiger partial charge on any atom is -0.494 e. The number of carbonyl (C=O) groups is 1. The van der Waals surface area contributed by atoms with Crippen LogP contribution >= 0.6 is 22.6 Å². The monoisotopic (exact) mass is 348 g/mol. The van der Waals surface area contributed by atoms with Crippen LogP contribution < -0.4 is 4.74 Å². The highest BCUT2D eigenvalue weighted by Crippen LogP contribution is 2.25. The highest BCUT2D eigenvalue weighted by Gasteiger charge is 2.17. The Labute approximate surface area is 109 Å². The number of hydrogen-bond donors (Lipinski definition) is 0. The first kappa shape index (κ1) is 11.9. The normalized spacial score (nSPS) is 10.3. The predicted octanol–water partition coefficient (Wildman–Crippen LogP) is 1.23. The van der Waals surface area contributed by atoms with Gasteiger partial charge >= 0.3 is 0 Å². The number of carbonyl (C=O) groups excluding carboxylic acids is 1. The van der Waals surface area contributed by atoms with Crippen molar-refractivity contribution in [1.82, 2.24) is 20.2 Å². The highest BCUT2D eigenvalue weighted by molar-refractivity contribution is 14.1. The number of benzene rings is 1. The maximum atomic E-state index is 13.8. The van der Waals surface area contributed by atoms with Gasteiger partial charge in [0, 0.05) is 22.6 Å². The molecule has 0 amide bonds. The molecule has 8 heteroatoms. The maximum absolute atomic E-state index is 13.8. The summed E-state index contributed by atoms with van der Waals surface area (Å²) in [5, 5.41) is 10.8. The lowest BCUT2D eigenvalue weighted by molar-refractivity contribution is 0.111. The first-order chi connectivity index (χ1) is 8.19. The van der Waals surface area contributed by atoms with Gasteiger partial charge in [-0.05, 0) is 22.6 Å². The standard InChI is InChI=1S/C9H6FIN4O2/c1-17-7-3-2-6(5(4-16)8(7)10)15-9(11)12-13-14-15/h2-4H,1H3. The van der Waals surface area contributed by atoms with Crippen molar-refractivity contribution in [2.45, 2.75) is 0 Å². The summed E-state index contributed by atoms with van der Waals surface area (Å²) in [5.41, 5.74) is 0.127. The van der Waals surface area contributed by atoms with Gasteiger partial charge in [-0.25, -0.2) is 4.39 Å². The summed E-state index contributed by atoms with van der Waals surface area (Å²) in [4.78, 5) is 10.9. The van der Waals surface area contributed by atoms with Gasteiger partial charge in [-0.2, -0.15) is 4.68 Å². The number of halogens is 2. The minimum atomic E-state index is -0.730. The van der Waals surface area contributed by atoms with Crippen molar-refractivity contribution in [3.8, 4) is 11.4 Å². The fraction of sp³-hybridized carbons (Fsp3) is 0.111. The van der Waals surface area contributed by atoms with E-state index in [2.05, 4.69) is 15.5 Å². The first-order valence-corrected chi connectivity index (χ1v) is 5.52. The molecule has 0 saturated heterocycles. The van der Waals surface area contributed by atoms with Crippen LogP contribution in [0.5, 0.6) is 5.75 Å². The molecule has 2 aromatic rings. The van der Waals surface area contributed by atoms with Crippen LogP contribution in [0.25, 0.3) is 5.69 Å². The van der Waals surface area contributed by atoms with Crippen LogP contribution in [0.1, 0.15) is 10.4 Å². The van der Waals surface area contributed by atoms with Crippen LogP contribution in [0.2, 0.25) is 0 Å². The fourth-order valence-corrected chi connectivity index (χ4v) is 1.79. The molecule has 0 spiro atoms. The molecule has 6 nitrogen and oxygen atoms in total. The Bertz CT molecular complexity index is 572. The van der Waals surface area contributed by atoms with Gasteiger partial charge in [-0.3, -0.25) is 4.79 Å². The van der Waals surface area contributed by atoms with E-state index >= 15 is 0 Å². The van der Waals surface area contributed by atoms with Gasteiger partial charge in [0.2, 0.25) is 3.83 Å². The Balaban J connectivity index is 2.67. The van der Waals surface area contributed by atoms with Crippen molar-refractivity contribution in [2.75, 3.05) is 7.11 Å². The van der Waals surface area contributed by atoms with E-state index in [1.807, 2.05) is 22.6 Å². The molecule has 2 rings (SSSR count). The molecule has 0 atom stereocenters. The summed E-state index contributed by atoms with van der Waals surface area (Å²) in [5.74, 6) is -0.731. The van der Waals surface area contributed by atoms with Crippen LogP contribution in [0.15, 0.2) is 12.1 Å². The molecule has 0 aliphatic carbocycles. The molecule has 0 fully saturated rings. The second-order valence-corrected chi connectivity index (χ2v) is 3.96. The van der Waals surface area contributed by atoms with E-state index in [9.17, 15) is 9.18 Å². The second-order valence-electron chi connectivity index (χ2n) is 2.99. The number of ether oxygens (including phenoxy) is 1. The number of aldehydes is 1. The lowest BCUT2D eigenvalue weighted by Crippen LogP contribution is -2.06. The summed E-state index contributed by atoms with van der Waals surface area (Å²) in [6.07, 6.45) is 0.408. The summed E-state index contributed by atoms with van der Waals surface area (Å²) in [6.45, 7) is 0. The van der Waals surface area contributed by atoms with Crippen molar-refractivity contribution in [1.29, 1.82) is 0 Å². The van der Waals surface area contributed by atoms with E-state index in [0.29, 0.717) is 10.1 Å². The average Bonchev–Trinajstić information content (AvgIpc) is 2.75. The van der Waals surface area contributed by atoms with Crippen LogP contribution in [0, 0.1) is 9.65 Å². The van der Waals surface area contributed by atoms with Crippen LogP contribution in [0.3, 0.4) is 0 Å². The lowest BCUT2D eigenvalue weighted by atomic mass is 10.1. The van der Waals surface area contributed by atoms with E-state index in [1.165, 1.54) is 23.9 Å². The van der Waals surface area contributed by atoms with E-state index < -0.39 is 5.82 Å². The largest absolute Gasteiger partial charge is 0.494 e. The summed E-state index contributed by atoms with van der Waals surface area (Å²) in [6, 6.07) is 2.93. The molecule has 0 aliphatic heterocycles. The highest BCUT2D eigenvalue weighted by atomic mass is 127. The number of tetrazole rings is 1. The Morgan fingerprint density at radius 1 is 1.53 bits per heavy atom. The third-order valence-electron chi connectivity index (χ3n) is 2.12. The second kappa shape index (κ2) is 4.73. The lowest BCUT2D eigenvalue weighted by Gasteiger charge is -2.08. The van der Waals surface area contributed by atoms with Crippen molar-refractivity contribution >= 4 is 28.9 Å². The molecule has 88 valence electrons. The topological polar surface area (TPSA) is 69.9 Å². The van der Waals surface area contributed by atoms with Gasteiger partial charge < -0.3 is 4.74 Å². The molecule has 0 aliphatic rings. The molecule has 0 bridgehead atoms. The van der Waals surface area contributed by atoms with Crippen LogP contribution in [-0.2, 0) is 0 Å². The molecule has 0 N–H and O–H groups in total. The van der Waals surface area contributed by atoms with E-state index in [1.54, 1.807) is 0 Å². The molecule has 0 unspecified atom stereocenters. The molecule has 17 heavy (non-hydrogen) atoms. The van der Waals surface area contributed by atoms with Crippen molar-refractivity contribution in [3.63, 3.8) is 0 Å². The first-order valence-electron chi connectivity index (χ1n) is 4.45. The van der Waals surface area contributed by atoms with Gasteiger partial charge in [0.25, 0.3) is 0 Å². The number of methoxy groups -OCH3 is 1. The van der Waals surface area contributed by atoms with Crippen LogP contribution in [-0.4, -0.2) is 33.6 Å². The predicted molar refractivity (Wildman–Crippen MR) is 63.8 cm³/mol. The van der Waals surface area contributed by atoms with E-state index in [4.69, 9.17) is 4.74 Å². The van der Waals surface area contributed by atoms with E-state index in [0.717, 1.165) is 0 Å². The Morgan fingerprint density at radius 2 is 2.29 bits per heavy atom. The number of hydrogen-bond acceptors (Lipinski definition) is 5. The van der Waals surface area contributed by atoms with E-state index in [-0.39, 0.29) is 17.0 Å². The molecule has 1 aromatic heterocycles. The SMILES string of the molecule is COc1ccc(-n2nnnc2I)c(C=O)c1F. The van der Waals surface area contributed by atoms with Gasteiger partial charge in [-0.15, -0.1) is 5.10 Å². The Kier molecular flexibility index (Phi) is 3.31. The third-order valence-corrected chi connectivity index (χ3v) is 2.79. The van der Waals surface area contributed by atoms with Crippen LogP contribution in [0.4, 0.5) is 4.39 Å². The molecular formula is C9H6FIN4O2. The molecule has 0 radical (unpaired) electrons. The van der Waals surface area contributed by atoms with Gasteiger partial charge in [0.15, 0.2) is 17.9 Å². The molecule has 1 aromatic carbocycles. The minimum absolute atomic E-state index is 0.000988. The molecule has 0 saturated carbocycles. The third kappa shape index (κ3) is 1.99. The Hall–Kier alpha value is -1.58. The summed E-state index contributed by atoms with van der Waals surface area (Å²) >= 11 is 1.88. The smallest absolute Gasteiger partial charge is 0.217 e. The average molecular weight is 348 g/mol. The van der Waals surface area contributed by atoms with Gasteiger partial charge in [0.05, 0.1) is 18.4 Å². The number of nitrogens with zero attached hydrogens (tertiary/aromatic N) is 4. The summed E-state index contributed by atoms with van der Waals surface area (Å²) in [7, 11) is 1.33.